The first-order chi connectivity index (χ1) is 22.8. The highest BCUT2D eigenvalue weighted by atomic mass is 16.5. The second-order valence-corrected chi connectivity index (χ2v) is 11.4. The number of benzene rings is 3. The van der Waals surface area contributed by atoms with Crippen LogP contribution in [0.5, 0.6) is 11.5 Å². The minimum atomic E-state index is -0.435. The summed E-state index contributed by atoms with van der Waals surface area (Å²) < 4.78 is 17.5. The predicted octanol–water partition coefficient (Wildman–Crippen LogP) is 3.19. The summed E-state index contributed by atoms with van der Waals surface area (Å²) in [5.41, 5.74) is 4.63. The van der Waals surface area contributed by atoms with Gasteiger partial charge in [-0.1, -0.05) is 24.3 Å². The fourth-order valence-corrected chi connectivity index (χ4v) is 5.76. The zero-order valence-corrected chi connectivity index (χ0v) is 26.5. The molecule has 5 aromatic rings. The number of H-pyrrole nitrogens is 1. The van der Waals surface area contributed by atoms with Crippen LogP contribution in [0.3, 0.4) is 0 Å². The second-order valence-electron chi connectivity index (χ2n) is 11.4. The van der Waals surface area contributed by atoms with E-state index in [1.165, 1.54) is 40.6 Å². The number of hydrogen-bond acceptors (Lipinski definition) is 7. The van der Waals surface area contributed by atoms with E-state index < -0.39 is 5.56 Å². The molecule has 0 spiro atoms. The number of anilines is 1. The summed E-state index contributed by atoms with van der Waals surface area (Å²) in [5.74, 6) is 1.70. The number of ether oxygens (including phenoxy) is 2. The van der Waals surface area contributed by atoms with Crippen LogP contribution in [0.25, 0.3) is 12.2 Å². The fourth-order valence-electron chi connectivity index (χ4n) is 5.76. The largest absolute Gasteiger partial charge is 0.493 e. The molecule has 1 aliphatic rings. The quantitative estimate of drug-likeness (QED) is 0.256. The van der Waals surface area contributed by atoms with Gasteiger partial charge in [0, 0.05) is 44.0 Å². The Labute approximate surface area is 271 Å². The molecule has 0 aliphatic carbocycles. The molecule has 0 saturated carbocycles. The maximum Gasteiger partial charge on any atom is 0.274 e. The number of carbonyl (C=O) groups is 1. The Hall–Kier alpha value is -5.61. The molecule has 0 bridgehead atoms. The van der Waals surface area contributed by atoms with Crippen LogP contribution in [0.2, 0.25) is 0 Å². The lowest BCUT2D eigenvalue weighted by Gasteiger charge is -2.29. The number of amides is 1. The van der Waals surface area contributed by atoms with Crippen molar-refractivity contribution in [1.29, 1.82) is 0 Å². The first-order valence-electron chi connectivity index (χ1n) is 15.3. The van der Waals surface area contributed by atoms with Gasteiger partial charge in [0.25, 0.3) is 17.0 Å². The summed E-state index contributed by atoms with van der Waals surface area (Å²) in [5, 5.41) is 3.22. The Morgan fingerprint density at radius 1 is 0.957 bits per heavy atom. The van der Waals surface area contributed by atoms with Crippen molar-refractivity contribution in [2.45, 2.75) is 19.4 Å². The van der Waals surface area contributed by atoms with Gasteiger partial charge in [-0.05, 0) is 89.7 Å². The summed E-state index contributed by atoms with van der Waals surface area (Å²) in [7, 11) is 4.85. The van der Waals surface area contributed by atoms with Crippen LogP contribution in [-0.2, 0) is 26.4 Å². The summed E-state index contributed by atoms with van der Waals surface area (Å²) in [6.07, 6.45) is 6.40. The molecule has 2 N–H and O–H groups in total. The number of rotatable bonds is 9. The van der Waals surface area contributed by atoms with Crippen LogP contribution >= 0.6 is 0 Å². The van der Waals surface area contributed by atoms with E-state index >= 15 is 0 Å². The molecule has 10 heteroatoms. The van der Waals surface area contributed by atoms with Gasteiger partial charge < -0.3 is 28.8 Å². The maximum absolute atomic E-state index is 13.1. The van der Waals surface area contributed by atoms with Crippen LogP contribution in [0, 0.1) is 0 Å². The second kappa shape index (κ2) is 13.8. The van der Waals surface area contributed by atoms with Gasteiger partial charge in [0.15, 0.2) is 11.5 Å². The smallest absolute Gasteiger partial charge is 0.274 e. The fraction of sp³-hybridized carbons (Fsp3) is 0.216. The molecule has 0 atom stereocenters. The number of aromatic amines is 1. The number of carbonyl (C=O) groups excluding carboxylic acids is 1. The standard InChI is InChI=1S/C37H36N4O6/c1-40-32(22-30-8-5-17-47-30)36(43)39-31(37(40)44)19-25-6-4-7-27(18-25)35(42)38-29-11-9-24(10-12-29)13-15-41-16-14-26-20-33(45-2)34(46-3)21-28(26)23-41/h4-12,17-22H,13-16,23H2,1-3H3,(H,38,42)(H,39,43). The van der Waals surface area contributed by atoms with Gasteiger partial charge in [-0.15, -0.1) is 0 Å². The van der Waals surface area contributed by atoms with E-state index in [9.17, 15) is 14.4 Å². The molecule has 240 valence electrons. The monoisotopic (exact) mass is 632 g/mol. The Morgan fingerprint density at radius 3 is 2.45 bits per heavy atom. The third-order valence-corrected chi connectivity index (χ3v) is 8.38. The van der Waals surface area contributed by atoms with E-state index in [2.05, 4.69) is 27.3 Å². The minimum absolute atomic E-state index is 0.107. The van der Waals surface area contributed by atoms with E-state index in [1.54, 1.807) is 56.7 Å². The van der Waals surface area contributed by atoms with Crippen LogP contribution in [0.4, 0.5) is 5.69 Å². The van der Waals surface area contributed by atoms with E-state index in [-0.39, 0.29) is 22.2 Å². The molecular formula is C37H36N4O6. The van der Waals surface area contributed by atoms with Gasteiger partial charge in [0.1, 0.15) is 16.5 Å². The molecule has 3 aromatic carbocycles. The van der Waals surface area contributed by atoms with Crippen LogP contribution in [0.1, 0.15) is 38.4 Å². The van der Waals surface area contributed by atoms with Crippen LogP contribution in [0.15, 0.2) is 93.1 Å². The number of hydrogen-bond donors (Lipinski definition) is 2. The number of aromatic nitrogens is 2. The molecule has 3 heterocycles. The van der Waals surface area contributed by atoms with Crippen molar-refractivity contribution in [1.82, 2.24) is 14.5 Å². The third-order valence-electron chi connectivity index (χ3n) is 8.38. The highest BCUT2D eigenvalue weighted by Gasteiger charge is 2.19. The Kier molecular flexibility index (Phi) is 9.21. The number of nitrogens with one attached hydrogen (secondary N) is 2. The topological polar surface area (TPSA) is 119 Å². The van der Waals surface area contributed by atoms with Crippen molar-refractivity contribution < 1.29 is 18.7 Å². The van der Waals surface area contributed by atoms with E-state index in [1.807, 2.05) is 24.3 Å². The lowest BCUT2D eigenvalue weighted by Crippen LogP contribution is -2.52. The van der Waals surface area contributed by atoms with Crippen molar-refractivity contribution in [3.63, 3.8) is 0 Å². The summed E-state index contributed by atoms with van der Waals surface area (Å²) in [6, 6.07) is 22.3. The van der Waals surface area contributed by atoms with E-state index in [0.29, 0.717) is 22.6 Å². The third kappa shape index (κ3) is 7.13. The molecule has 1 amide bonds. The molecule has 0 fully saturated rings. The molecular weight excluding hydrogens is 596 g/mol. The number of methoxy groups -OCH3 is 2. The maximum atomic E-state index is 13.1. The SMILES string of the molecule is COc1cc2c(cc1OC)CN(CCc1ccc(NC(=O)c3cccc(C=c4[nH]c(=O)c(=Cc5ccco5)n(C)c4=O)c3)cc1)CC2. The molecule has 0 unspecified atom stereocenters. The van der Waals surface area contributed by atoms with Gasteiger partial charge in [-0.2, -0.15) is 0 Å². The highest BCUT2D eigenvalue weighted by molar-refractivity contribution is 6.04. The van der Waals surface area contributed by atoms with Gasteiger partial charge >= 0.3 is 0 Å². The number of nitrogens with zero attached hydrogens (tertiary/aromatic N) is 2. The molecule has 47 heavy (non-hydrogen) atoms. The predicted molar refractivity (Wildman–Crippen MR) is 180 cm³/mol. The zero-order chi connectivity index (χ0) is 32.9. The molecule has 0 saturated heterocycles. The Balaban J connectivity index is 1.09. The van der Waals surface area contributed by atoms with Crippen molar-refractivity contribution in [2.75, 3.05) is 32.6 Å². The molecule has 6 rings (SSSR count). The van der Waals surface area contributed by atoms with Gasteiger partial charge in [0.05, 0.1) is 20.5 Å². The van der Waals surface area contributed by atoms with Gasteiger partial charge in [0.2, 0.25) is 0 Å². The van der Waals surface area contributed by atoms with Gasteiger partial charge in [-0.3, -0.25) is 19.3 Å². The van der Waals surface area contributed by atoms with Crippen molar-refractivity contribution in [2.24, 2.45) is 7.05 Å². The first-order valence-corrected chi connectivity index (χ1v) is 15.3. The average molecular weight is 633 g/mol. The van der Waals surface area contributed by atoms with Crippen molar-refractivity contribution >= 4 is 23.7 Å². The number of fused-ring (bicyclic) bond motifs is 1. The zero-order valence-electron chi connectivity index (χ0n) is 26.5. The van der Waals surface area contributed by atoms with E-state index in [4.69, 9.17) is 13.9 Å². The Bertz CT molecular complexity index is 2150. The van der Waals surface area contributed by atoms with Crippen LogP contribution in [-0.4, -0.2) is 47.7 Å². The Morgan fingerprint density at radius 2 is 1.72 bits per heavy atom. The molecule has 2 aromatic heterocycles. The molecule has 1 aliphatic heterocycles. The van der Waals surface area contributed by atoms with Crippen molar-refractivity contribution in [3.8, 4) is 11.5 Å². The summed E-state index contributed by atoms with van der Waals surface area (Å²) in [6.45, 7) is 2.76. The molecule has 0 radical (unpaired) electrons. The average Bonchev–Trinajstić information content (AvgIpc) is 3.61. The molecule has 10 nitrogen and oxygen atoms in total. The first kappa shape index (κ1) is 31.4. The summed E-state index contributed by atoms with van der Waals surface area (Å²) >= 11 is 0. The minimum Gasteiger partial charge on any atom is -0.493 e. The number of furan rings is 1. The van der Waals surface area contributed by atoms with Crippen molar-refractivity contribution in [3.05, 3.63) is 144 Å². The lowest BCUT2D eigenvalue weighted by molar-refractivity contribution is 0.102. The van der Waals surface area contributed by atoms with E-state index in [0.717, 1.165) is 44.0 Å². The highest BCUT2D eigenvalue weighted by Crippen LogP contribution is 2.33. The van der Waals surface area contributed by atoms with Crippen LogP contribution < -0.4 is 36.6 Å². The van der Waals surface area contributed by atoms with Gasteiger partial charge in [-0.25, -0.2) is 0 Å². The normalized spacial score (nSPS) is 13.8. The lowest BCUT2D eigenvalue weighted by atomic mass is 9.98. The summed E-state index contributed by atoms with van der Waals surface area (Å²) in [4.78, 5) is 44.0.